The van der Waals surface area contributed by atoms with Crippen LogP contribution >= 0.6 is 11.3 Å². The number of thiophene rings is 1. The second-order valence-corrected chi connectivity index (χ2v) is 9.31. The SMILES string of the molecule is CC1(C)Cc2c(sc3nc(NCC4CCCCC4)n4ncnc4c23)CO1. The molecule has 0 amide bonds. The number of ether oxygens (including phenoxy) is 1. The number of anilines is 1. The maximum Gasteiger partial charge on any atom is 0.227 e. The van der Waals surface area contributed by atoms with E-state index >= 15 is 0 Å². The van der Waals surface area contributed by atoms with Gasteiger partial charge in [0.15, 0.2) is 5.65 Å². The Bertz CT molecular complexity index is 954. The molecule has 0 atom stereocenters. The fraction of sp³-hybridized carbons (Fsp3) is 0.632. The van der Waals surface area contributed by atoms with E-state index in [9.17, 15) is 0 Å². The summed E-state index contributed by atoms with van der Waals surface area (Å²) in [5.41, 5.74) is 2.11. The molecule has 0 unspecified atom stereocenters. The van der Waals surface area contributed by atoms with Gasteiger partial charge in [-0.05, 0) is 38.2 Å². The van der Waals surface area contributed by atoms with Crippen molar-refractivity contribution in [3.63, 3.8) is 0 Å². The zero-order valence-corrected chi connectivity index (χ0v) is 16.2. The van der Waals surface area contributed by atoms with Gasteiger partial charge in [0.1, 0.15) is 11.2 Å². The standard InChI is InChI=1S/C19H25N5OS/c1-19(2)8-13-14(10-25-19)26-17-15(13)16-21-11-22-24(16)18(23-17)20-9-12-6-4-3-5-7-12/h11-12H,3-10H2,1-2H3,(H,20,23). The monoisotopic (exact) mass is 371 g/mol. The first kappa shape index (κ1) is 16.4. The van der Waals surface area contributed by atoms with E-state index in [1.54, 1.807) is 17.7 Å². The average molecular weight is 372 g/mol. The highest BCUT2D eigenvalue weighted by atomic mass is 32.1. The third-order valence-electron chi connectivity index (χ3n) is 5.72. The highest BCUT2D eigenvalue weighted by Crippen LogP contribution is 2.40. The fourth-order valence-corrected chi connectivity index (χ4v) is 5.40. The quantitative estimate of drug-likeness (QED) is 0.748. The molecule has 1 N–H and O–H groups in total. The Kier molecular flexibility index (Phi) is 3.90. The van der Waals surface area contributed by atoms with Gasteiger partial charge in [0.05, 0.1) is 17.6 Å². The molecule has 1 aliphatic carbocycles. The van der Waals surface area contributed by atoms with Crippen LogP contribution in [0.2, 0.25) is 0 Å². The first-order valence-electron chi connectivity index (χ1n) is 9.62. The van der Waals surface area contributed by atoms with Crippen molar-refractivity contribution in [2.45, 2.75) is 64.6 Å². The molecule has 1 saturated carbocycles. The lowest BCUT2D eigenvalue weighted by Crippen LogP contribution is -2.31. The Morgan fingerprint density at radius 1 is 1.31 bits per heavy atom. The maximum absolute atomic E-state index is 6.00. The number of nitrogens with zero attached hydrogens (tertiary/aromatic N) is 4. The minimum atomic E-state index is -0.143. The summed E-state index contributed by atoms with van der Waals surface area (Å²) in [5, 5.41) is 9.16. The molecule has 3 aromatic heterocycles. The lowest BCUT2D eigenvalue weighted by Gasteiger charge is -2.30. The van der Waals surface area contributed by atoms with E-state index < -0.39 is 0 Å². The third-order valence-corrected chi connectivity index (χ3v) is 6.82. The normalized spacial score (nSPS) is 20.5. The van der Waals surface area contributed by atoms with Gasteiger partial charge in [0.2, 0.25) is 5.95 Å². The summed E-state index contributed by atoms with van der Waals surface area (Å²) in [6.45, 7) is 5.92. The molecule has 6 nitrogen and oxygen atoms in total. The molecule has 5 rings (SSSR count). The van der Waals surface area contributed by atoms with E-state index in [4.69, 9.17) is 9.72 Å². The summed E-state index contributed by atoms with van der Waals surface area (Å²) in [5.74, 6) is 1.56. The van der Waals surface area contributed by atoms with Crippen LogP contribution in [0, 0.1) is 5.92 Å². The topological polar surface area (TPSA) is 64.3 Å². The molecule has 2 aliphatic rings. The first-order valence-corrected chi connectivity index (χ1v) is 10.4. The second kappa shape index (κ2) is 6.16. The van der Waals surface area contributed by atoms with Crippen LogP contribution in [-0.2, 0) is 17.8 Å². The van der Waals surface area contributed by atoms with E-state index in [-0.39, 0.29) is 5.60 Å². The van der Waals surface area contributed by atoms with Gasteiger partial charge < -0.3 is 10.1 Å². The van der Waals surface area contributed by atoms with Crippen LogP contribution in [0.15, 0.2) is 6.33 Å². The van der Waals surface area contributed by atoms with Crippen LogP contribution in [0.3, 0.4) is 0 Å². The van der Waals surface area contributed by atoms with Crippen LogP contribution in [0.4, 0.5) is 5.95 Å². The Balaban J connectivity index is 1.54. The molecule has 1 fully saturated rings. The highest BCUT2D eigenvalue weighted by Gasteiger charge is 2.31. The second-order valence-electron chi connectivity index (χ2n) is 8.22. The molecule has 0 spiro atoms. The van der Waals surface area contributed by atoms with E-state index in [0.717, 1.165) is 40.7 Å². The molecular weight excluding hydrogens is 346 g/mol. The summed E-state index contributed by atoms with van der Waals surface area (Å²) in [6, 6.07) is 0. The number of aromatic nitrogens is 4. The van der Waals surface area contributed by atoms with Crippen molar-refractivity contribution in [1.29, 1.82) is 0 Å². The van der Waals surface area contributed by atoms with E-state index in [0.29, 0.717) is 6.61 Å². The molecule has 3 aromatic rings. The molecule has 4 heterocycles. The zero-order chi connectivity index (χ0) is 17.7. The summed E-state index contributed by atoms with van der Waals surface area (Å²) >= 11 is 1.74. The van der Waals surface area contributed by atoms with Crippen molar-refractivity contribution >= 4 is 33.1 Å². The van der Waals surface area contributed by atoms with Crippen LogP contribution < -0.4 is 5.32 Å². The summed E-state index contributed by atoms with van der Waals surface area (Å²) in [4.78, 5) is 11.8. The molecule has 7 heteroatoms. The zero-order valence-electron chi connectivity index (χ0n) is 15.4. The molecule has 0 bridgehead atoms. The van der Waals surface area contributed by atoms with Gasteiger partial charge in [0, 0.05) is 17.8 Å². The summed E-state index contributed by atoms with van der Waals surface area (Å²) in [6.07, 6.45) is 9.24. The number of rotatable bonds is 3. The molecule has 0 saturated heterocycles. The van der Waals surface area contributed by atoms with Crippen molar-refractivity contribution in [3.05, 3.63) is 16.8 Å². The summed E-state index contributed by atoms with van der Waals surface area (Å²) < 4.78 is 7.87. The smallest absolute Gasteiger partial charge is 0.227 e. The number of hydrogen-bond donors (Lipinski definition) is 1. The lowest BCUT2D eigenvalue weighted by molar-refractivity contribution is -0.0379. The van der Waals surface area contributed by atoms with Gasteiger partial charge in [-0.1, -0.05) is 19.3 Å². The van der Waals surface area contributed by atoms with Crippen molar-refractivity contribution in [2.24, 2.45) is 5.92 Å². The minimum absolute atomic E-state index is 0.143. The van der Waals surface area contributed by atoms with Gasteiger partial charge in [-0.2, -0.15) is 9.61 Å². The molecular formula is C19H25N5OS. The summed E-state index contributed by atoms with van der Waals surface area (Å²) in [7, 11) is 0. The number of fused-ring (bicyclic) bond motifs is 5. The highest BCUT2D eigenvalue weighted by molar-refractivity contribution is 7.19. The van der Waals surface area contributed by atoms with Gasteiger partial charge in [-0.3, -0.25) is 0 Å². The van der Waals surface area contributed by atoms with Crippen LogP contribution in [-0.4, -0.2) is 31.7 Å². The van der Waals surface area contributed by atoms with E-state index in [1.807, 2.05) is 4.52 Å². The Morgan fingerprint density at radius 2 is 2.15 bits per heavy atom. The molecule has 26 heavy (non-hydrogen) atoms. The lowest BCUT2D eigenvalue weighted by atomic mass is 9.89. The van der Waals surface area contributed by atoms with Crippen molar-refractivity contribution in [3.8, 4) is 0 Å². The Labute approximate surface area is 157 Å². The third kappa shape index (κ3) is 2.77. The predicted molar refractivity (Wildman–Crippen MR) is 104 cm³/mol. The first-order chi connectivity index (χ1) is 12.6. The van der Waals surface area contributed by atoms with Crippen LogP contribution in [0.1, 0.15) is 56.4 Å². The molecule has 138 valence electrons. The minimum Gasteiger partial charge on any atom is -0.370 e. The average Bonchev–Trinajstić information content (AvgIpc) is 3.23. The van der Waals surface area contributed by atoms with Crippen LogP contribution in [0.25, 0.3) is 15.9 Å². The fourth-order valence-electron chi connectivity index (χ4n) is 4.30. The Hall–Kier alpha value is -1.73. The van der Waals surface area contributed by atoms with Crippen molar-refractivity contribution in [2.75, 3.05) is 11.9 Å². The molecule has 1 aliphatic heterocycles. The predicted octanol–water partition coefficient (Wildman–Crippen LogP) is 4.18. The van der Waals surface area contributed by atoms with E-state index in [2.05, 4.69) is 29.2 Å². The van der Waals surface area contributed by atoms with Crippen molar-refractivity contribution < 1.29 is 4.74 Å². The maximum atomic E-state index is 6.00. The largest absolute Gasteiger partial charge is 0.370 e. The van der Waals surface area contributed by atoms with Gasteiger partial charge in [0.25, 0.3) is 0 Å². The van der Waals surface area contributed by atoms with E-state index in [1.165, 1.54) is 42.5 Å². The van der Waals surface area contributed by atoms with Crippen molar-refractivity contribution in [1.82, 2.24) is 19.6 Å². The van der Waals surface area contributed by atoms with Gasteiger partial charge in [-0.25, -0.2) is 9.97 Å². The van der Waals surface area contributed by atoms with Gasteiger partial charge in [-0.15, -0.1) is 11.3 Å². The Morgan fingerprint density at radius 3 is 3.00 bits per heavy atom. The van der Waals surface area contributed by atoms with Crippen LogP contribution in [0.5, 0.6) is 0 Å². The number of nitrogens with one attached hydrogen (secondary N) is 1. The number of hydrogen-bond acceptors (Lipinski definition) is 6. The van der Waals surface area contributed by atoms with Gasteiger partial charge >= 0.3 is 0 Å². The molecule has 0 radical (unpaired) electrons. The molecule has 0 aromatic carbocycles.